The molecule has 1 N–H and O–H groups in total. The molecule has 1 aromatic heterocycles. The number of esters is 1. The molecule has 0 aliphatic carbocycles. The third kappa shape index (κ3) is 3.40. The number of nitrogens with one attached hydrogen (secondary N) is 1. The van der Waals surface area contributed by atoms with Crippen molar-refractivity contribution in [2.75, 3.05) is 7.11 Å². The smallest absolute Gasteiger partial charge is 0.322 e. The lowest BCUT2D eigenvalue weighted by molar-refractivity contribution is -0.142. The number of hydrogen-bond donors (Lipinski definition) is 1. The summed E-state index contributed by atoms with van der Waals surface area (Å²) in [5.41, 5.74) is 0. The predicted octanol–water partition coefficient (Wildman–Crippen LogP) is 2.16. The van der Waals surface area contributed by atoms with Gasteiger partial charge in [-0.05, 0) is 28.9 Å². The van der Waals surface area contributed by atoms with Gasteiger partial charge in [0.1, 0.15) is 6.04 Å². The largest absolute Gasteiger partial charge is 0.468 e. The molecule has 0 aromatic carbocycles. The van der Waals surface area contributed by atoms with E-state index in [4.69, 9.17) is 0 Å². The molecule has 14 heavy (non-hydrogen) atoms. The van der Waals surface area contributed by atoms with E-state index in [0.717, 1.165) is 4.47 Å². The third-order valence-corrected chi connectivity index (χ3v) is 3.46. The van der Waals surface area contributed by atoms with Crippen molar-refractivity contribution < 1.29 is 9.53 Å². The van der Waals surface area contributed by atoms with Gasteiger partial charge in [-0.15, -0.1) is 11.3 Å². The van der Waals surface area contributed by atoms with Crippen LogP contribution in [0, 0.1) is 0 Å². The number of rotatable bonds is 4. The highest BCUT2D eigenvalue weighted by molar-refractivity contribution is 9.10. The van der Waals surface area contributed by atoms with Gasteiger partial charge >= 0.3 is 5.97 Å². The van der Waals surface area contributed by atoms with Crippen molar-refractivity contribution in [2.24, 2.45) is 0 Å². The van der Waals surface area contributed by atoms with Gasteiger partial charge in [0.15, 0.2) is 0 Å². The summed E-state index contributed by atoms with van der Waals surface area (Å²) < 4.78 is 5.67. The second-order valence-corrected chi connectivity index (χ2v) is 4.77. The highest BCUT2D eigenvalue weighted by Gasteiger charge is 2.11. The Morgan fingerprint density at radius 1 is 1.79 bits per heavy atom. The summed E-state index contributed by atoms with van der Waals surface area (Å²) in [6, 6.07) is 1.77. The summed E-state index contributed by atoms with van der Waals surface area (Å²) in [5, 5.41) is 5.09. The number of carbonyl (C=O) groups is 1. The number of thiophene rings is 1. The monoisotopic (exact) mass is 277 g/mol. The topological polar surface area (TPSA) is 38.3 Å². The van der Waals surface area contributed by atoms with Gasteiger partial charge in [-0.2, -0.15) is 0 Å². The Labute approximate surface area is 95.6 Å². The molecule has 0 fully saturated rings. The van der Waals surface area contributed by atoms with Crippen molar-refractivity contribution >= 4 is 33.2 Å². The van der Waals surface area contributed by atoms with Gasteiger partial charge in [0.25, 0.3) is 0 Å². The lowest BCUT2D eigenvalue weighted by atomic mass is 10.3. The molecule has 0 aliphatic heterocycles. The van der Waals surface area contributed by atoms with Crippen molar-refractivity contribution in [3.8, 4) is 0 Å². The Kier molecular flexibility index (Phi) is 4.57. The molecule has 3 nitrogen and oxygen atoms in total. The molecule has 1 unspecified atom stereocenters. The molecule has 0 spiro atoms. The van der Waals surface area contributed by atoms with E-state index < -0.39 is 0 Å². The second kappa shape index (κ2) is 5.48. The number of methoxy groups -OCH3 is 1. The molecule has 1 heterocycles. The van der Waals surface area contributed by atoms with E-state index >= 15 is 0 Å². The molecule has 78 valence electrons. The van der Waals surface area contributed by atoms with E-state index in [9.17, 15) is 4.79 Å². The molecule has 1 rings (SSSR count). The molecule has 0 aliphatic rings. The van der Waals surface area contributed by atoms with Gasteiger partial charge in [0.2, 0.25) is 0 Å². The molecular formula is C9H12BrNO2S. The van der Waals surface area contributed by atoms with Gasteiger partial charge in [-0.1, -0.05) is 0 Å². The fourth-order valence-corrected chi connectivity index (χ4v) is 2.36. The summed E-state index contributed by atoms with van der Waals surface area (Å²) in [6.45, 7) is 2.47. The number of carbonyl (C=O) groups excluding carboxylic acids is 1. The van der Waals surface area contributed by atoms with Crippen LogP contribution >= 0.6 is 27.3 Å². The average Bonchev–Trinajstić information content (AvgIpc) is 2.59. The number of ether oxygens (including phenoxy) is 1. The normalized spacial score (nSPS) is 12.5. The van der Waals surface area contributed by atoms with E-state index in [1.165, 1.54) is 12.0 Å². The summed E-state index contributed by atoms with van der Waals surface area (Å²) in [6.07, 6.45) is 0. The van der Waals surface area contributed by atoms with Crippen molar-refractivity contribution in [3.05, 3.63) is 20.8 Å². The van der Waals surface area contributed by atoms with Gasteiger partial charge < -0.3 is 4.74 Å². The van der Waals surface area contributed by atoms with Gasteiger partial charge in [0.05, 0.1) is 7.11 Å². The van der Waals surface area contributed by atoms with Gasteiger partial charge in [-0.25, -0.2) is 0 Å². The zero-order chi connectivity index (χ0) is 10.6. The van der Waals surface area contributed by atoms with Crippen molar-refractivity contribution in [2.45, 2.75) is 19.5 Å². The maximum Gasteiger partial charge on any atom is 0.322 e. The molecule has 0 amide bonds. The van der Waals surface area contributed by atoms with Crippen LogP contribution in [-0.2, 0) is 16.1 Å². The third-order valence-electron chi connectivity index (χ3n) is 1.76. The Bertz CT molecular complexity index is 314. The molecule has 5 heteroatoms. The highest BCUT2D eigenvalue weighted by Crippen LogP contribution is 2.19. The summed E-state index contributed by atoms with van der Waals surface area (Å²) in [4.78, 5) is 12.2. The van der Waals surface area contributed by atoms with Crippen LogP contribution in [0.3, 0.4) is 0 Å². The fraction of sp³-hybridized carbons (Fsp3) is 0.444. The molecule has 1 aromatic rings. The molecule has 0 radical (unpaired) electrons. The minimum atomic E-state index is -0.263. The first-order valence-electron chi connectivity index (χ1n) is 4.17. The van der Waals surface area contributed by atoms with E-state index in [2.05, 4.69) is 26.0 Å². The molecule has 0 bridgehead atoms. The Hall–Kier alpha value is -0.390. The van der Waals surface area contributed by atoms with Crippen LogP contribution in [-0.4, -0.2) is 19.1 Å². The van der Waals surface area contributed by atoms with Gasteiger partial charge in [0, 0.05) is 21.3 Å². The Morgan fingerprint density at radius 3 is 3.00 bits per heavy atom. The maximum atomic E-state index is 11.0. The number of halogens is 1. The quantitative estimate of drug-likeness (QED) is 0.858. The van der Waals surface area contributed by atoms with Crippen LogP contribution in [0.25, 0.3) is 0 Å². The molecule has 0 saturated carbocycles. The second-order valence-electron chi connectivity index (χ2n) is 2.86. The van der Waals surface area contributed by atoms with Gasteiger partial charge in [-0.3, -0.25) is 10.1 Å². The van der Waals surface area contributed by atoms with E-state index in [1.807, 2.05) is 11.4 Å². The Balaban J connectivity index is 2.37. The standard InChI is InChI=1S/C9H12BrNO2S/c1-6(9(12)13-2)11-4-8-3-7(10)5-14-8/h3,5-6,11H,4H2,1-2H3. The summed E-state index contributed by atoms with van der Waals surface area (Å²) >= 11 is 5.02. The average molecular weight is 278 g/mol. The first kappa shape index (κ1) is 11.7. The van der Waals surface area contributed by atoms with Crippen LogP contribution < -0.4 is 5.32 Å². The Morgan fingerprint density at radius 2 is 2.50 bits per heavy atom. The first-order valence-corrected chi connectivity index (χ1v) is 5.85. The maximum absolute atomic E-state index is 11.0. The minimum Gasteiger partial charge on any atom is -0.468 e. The predicted molar refractivity (Wildman–Crippen MR) is 60.3 cm³/mol. The van der Waals surface area contributed by atoms with Crippen molar-refractivity contribution in [3.63, 3.8) is 0 Å². The molecule has 0 saturated heterocycles. The van der Waals surface area contributed by atoms with Crippen molar-refractivity contribution in [1.82, 2.24) is 5.32 Å². The zero-order valence-electron chi connectivity index (χ0n) is 8.04. The SMILES string of the molecule is COC(=O)C(C)NCc1cc(Br)cs1. The lowest BCUT2D eigenvalue weighted by Crippen LogP contribution is -2.34. The van der Waals surface area contributed by atoms with Crippen LogP contribution in [0.15, 0.2) is 15.9 Å². The zero-order valence-corrected chi connectivity index (χ0v) is 10.4. The van der Waals surface area contributed by atoms with Crippen LogP contribution in [0.5, 0.6) is 0 Å². The fourth-order valence-electron chi connectivity index (χ4n) is 0.960. The molecular weight excluding hydrogens is 266 g/mol. The van der Waals surface area contributed by atoms with Crippen molar-refractivity contribution in [1.29, 1.82) is 0 Å². The van der Waals surface area contributed by atoms with E-state index in [0.29, 0.717) is 6.54 Å². The lowest BCUT2D eigenvalue weighted by Gasteiger charge is -2.09. The number of hydrogen-bond acceptors (Lipinski definition) is 4. The van der Waals surface area contributed by atoms with Crippen LogP contribution in [0.4, 0.5) is 0 Å². The molecule has 1 atom stereocenters. The van der Waals surface area contributed by atoms with E-state index in [1.54, 1.807) is 18.3 Å². The first-order chi connectivity index (χ1) is 6.63. The van der Waals surface area contributed by atoms with Crippen LogP contribution in [0.1, 0.15) is 11.8 Å². The van der Waals surface area contributed by atoms with E-state index in [-0.39, 0.29) is 12.0 Å². The summed E-state index contributed by atoms with van der Waals surface area (Å²) in [5.74, 6) is -0.236. The summed E-state index contributed by atoms with van der Waals surface area (Å²) in [7, 11) is 1.39. The van der Waals surface area contributed by atoms with Crippen LogP contribution in [0.2, 0.25) is 0 Å². The highest BCUT2D eigenvalue weighted by atomic mass is 79.9. The minimum absolute atomic E-state index is 0.236.